The number of ether oxygens (including phenoxy) is 1. The number of hydrogen-bond acceptors (Lipinski definition) is 3. The third-order valence-electron chi connectivity index (χ3n) is 4.72. The molecule has 0 saturated carbocycles. The predicted molar refractivity (Wildman–Crippen MR) is 105 cm³/mol. The van der Waals surface area contributed by atoms with Crippen molar-refractivity contribution in [1.82, 2.24) is 4.81 Å². The highest BCUT2D eigenvalue weighted by molar-refractivity contribution is 6.76. The van der Waals surface area contributed by atoms with E-state index in [1.807, 2.05) is 48.5 Å². The molecule has 0 saturated heterocycles. The van der Waals surface area contributed by atoms with Crippen LogP contribution in [0.1, 0.15) is 15.9 Å². The summed E-state index contributed by atoms with van der Waals surface area (Å²) in [6.07, 6.45) is 0. The van der Waals surface area contributed by atoms with Gasteiger partial charge in [-0.1, -0.05) is 36.4 Å². The predicted octanol–water partition coefficient (Wildman–Crippen LogP) is 3.30. The van der Waals surface area contributed by atoms with E-state index in [0.717, 1.165) is 22.5 Å². The summed E-state index contributed by atoms with van der Waals surface area (Å²) >= 11 is 0. The van der Waals surface area contributed by atoms with Gasteiger partial charge in [0.1, 0.15) is 11.6 Å². The Morgan fingerprint density at radius 2 is 1.70 bits per heavy atom. The highest BCUT2D eigenvalue weighted by atomic mass is 19.1. The van der Waals surface area contributed by atoms with Gasteiger partial charge in [0.05, 0.1) is 12.7 Å². The monoisotopic (exact) mass is 360 g/mol. The van der Waals surface area contributed by atoms with Gasteiger partial charge >= 0.3 is 6.98 Å². The highest BCUT2D eigenvalue weighted by Gasteiger charge is 2.37. The molecule has 27 heavy (non-hydrogen) atoms. The smallest absolute Gasteiger partial charge is 0.411 e. The van der Waals surface area contributed by atoms with Crippen molar-refractivity contribution < 1.29 is 13.9 Å². The summed E-state index contributed by atoms with van der Waals surface area (Å²) in [4.78, 5) is 14.9. The third-order valence-corrected chi connectivity index (χ3v) is 4.72. The Labute approximate surface area is 157 Å². The number of fused-ring (bicyclic) bond motifs is 1. The number of carbonyl (C=O) groups is 1. The Balaban J connectivity index is 1.71. The zero-order valence-corrected chi connectivity index (χ0v) is 14.9. The van der Waals surface area contributed by atoms with Crippen molar-refractivity contribution in [3.8, 4) is 5.75 Å². The van der Waals surface area contributed by atoms with Crippen LogP contribution in [-0.2, 0) is 6.54 Å². The van der Waals surface area contributed by atoms with Gasteiger partial charge in [0.2, 0.25) is 5.91 Å². The fraction of sp³-hybridized carbons (Fsp3) is 0.0952. The molecule has 1 N–H and O–H groups in total. The van der Waals surface area contributed by atoms with Crippen molar-refractivity contribution in [2.45, 2.75) is 6.54 Å². The van der Waals surface area contributed by atoms with Crippen LogP contribution >= 0.6 is 0 Å². The molecule has 0 aliphatic carbocycles. The Bertz CT molecular complexity index is 961. The largest absolute Gasteiger partial charge is 0.497 e. The number of para-hydroxylation sites is 1. The topological polar surface area (TPSA) is 41.6 Å². The number of nitrogens with zero attached hydrogens (tertiary/aromatic N) is 1. The van der Waals surface area contributed by atoms with Gasteiger partial charge in [-0.05, 0) is 47.4 Å². The number of halogens is 1. The molecule has 0 atom stereocenters. The van der Waals surface area contributed by atoms with Gasteiger partial charge < -0.3 is 14.8 Å². The lowest BCUT2D eigenvalue weighted by Gasteiger charge is -2.35. The maximum absolute atomic E-state index is 13.4. The van der Waals surface area contributed by atoms with Crippen LogP contribution in [0.5, 0.6) is 5.75 Å². The number of carbonyl (C=O) groups excluding carboxylic acids is 1. The quantitative estimate of drug-likeness (QED) is 0.726. The van der Waals surface area contributed by atoms with Crippen LogP contribution in [0.25, 0.3) is 0 Å². The normalized spacial score (nSPS) is 13.2. The molecule has 0 fully saturated rings. The molecule has 0 aromatic heterocycles. The van der Waals surface area contributed by atoms with Crippen LogP contribution in [-0.4, -0.2) is 24.8 Å². The standard InChI is InChI=1S/C21H18BFN2O2/c1-27-18-12-6-15(7-13-18)14-25-21(26)19-4-2-3-5-20(19)24-22(25)16-8-10-17(23)11-9-16/h2-13,24H,14H2,1H3. The highest BCUT2D eigenvalue weighted by Crippen LogP contribution is 2.25. The zero-order chi connectivity index (χ0) is 18.8. The molecule has 0 bridgehead atoms. The summed E-state index contributed by atoms with van der Waals surface area (Å²) in [6.45, 7) is 0.0433. The number of amides is 1. The van der Waals surface area contributed by atoms with Crippen LogP contribution in [0, 0.1) is 5.82 Å². The summed E-state index contributed by atoms with van der Waals surface area (Å²) in [5.41, 5.74) is 3.22. The van der Waals surface area contributed by atoms with Gasteiger partial charge in [0.25, 0.3) is 0 Å². The summed E-state index contributed by atoms with van der Waals surface area (Å²) in [5, 5.41) is 3.41. The number of hydrogen-bond donors (Lipinski definition) is 1. The van der Waals surface area contributed by atoms with E-state index in [4.69, 9.17) is 4.74 Å². The second kappa shape index (κ2) is 7.15. The van der Waals surface area contributed by atoms with Crippen LogP contribution in [0.3, 0.4) is 0 Å². The Hall–Kier alpha value is -3.28. The second-order valence-electron chi connectivity index (χ2n) is 6.43. The number of benzene rings is 3. The van der Waals surface area contributed by atoms with Crippen LogP contribution in [0.4, 0.5) is 10.1 Å². The van der Waals surface area contributed by atoms with E-state index < -0.39 is 0 Å². The summed E-state index contributed by atoms with van der Waals surface area (Å²) in [7, 11) is 1.62. The summed E-state index contributed by atoms with van der Waals surface area (Å²) in [5.74, 6) is 0.403. The Morgan fingerprint density at radius 1 is 1.00 bits per heavy atom. The van der Waals surface area contributed by atoms with Crippen molar-refractivity contribution in [3.63, 3.8) is 0 Å². The molecule has 1 amide bonds. The first-order chi connectivity index (χ1) is 13.2. The molecule has 0 radical (unpaired) electrons. The lowest BCUT2D eigenvalue weighted by Crippen LogP contribution is -2.58. The SMILES string of the molecule is COc1ccc(CN2B(c3ccc(F)cc3)Nc3ccccc3C2=O)cc1. The molecule has 1 aliphatic heterocycles. The fourth-order valence-corrected chi connectivity index (χ4v) is 3.29. The number of methoxy groups -OCH3 is 1. The van der Waals surface area contributed by atoms with Crippen LogP contribution in [0.2, 0.25) is 0 Å². The van der Waals surface area contributed by atoms with Crippen molar-refractivity contribution in [2.24, 2.45) is 0 Å². The minimum atomic E-state index is -0.380. The minimum Gasteiger partial charge on any atom is -0.497 e. The minimum absolute atomic E-state index is 0.0607. The van der Waals surface area contributed by atoms with Gasteiger partial charge in [-0.15, -0.1) is 0 Å². The van der Waals surface area contributed by atoms with Crippen molar-refractivity contribution in [2.75, 3.05) is 12.3 Å². The number of nitrogens with one attached hydrogen (secondary N) is 1. The number of anilines is 1. The molecule has 4 rings (SSSR count). The van der Waals surface area contributed by atoms with Crippen molar-refractivity contribution in [1.29, 1.82) is 0 Å². The first-order valence-corrected chi connectivity index (χ1v) is 8.70. The van der Waals surface area contributed by atoms with Gasteiger partial charge in [0.15, 0.2) is 0 Å². The van der Waals surface area contributed by atoms with E-state index in [1.54, 1.807) is 24.1 Å². The van der Waals surface area contributed by atoms with Crippen LogP contribution < -0.4 is 15.4 Å². The number of rotatable bonds is 4. The first-order valence-electron chi connectivity index (χ1n) is 8.70. The second-order valence-corrected chi connectivity index (χ2v) is 6.43. The maximum atomic E-state index is 13.4. The zero-order valence-electron chi connectivity index (χ0n) is 14.9. The molecule has 4 nitrogen and oxygen atoms in total. The Morgan fingerprint density at radius 3 is 2.41 bits per heavy atom. The molecular formula is C21H18BFN2O2. The van der Waals surface area contributed by atoms with E-state index in [2.05, 4.69) is 5.23 Å². The van der Waals surface area contributed by atoms with E-state index in [1.165, 1.54) is 12.1 Å². The molecule has 134 valence electrons. The van der Waals surface area contributed by atoms with Gasteiger partial charge in [-0.2, -0.15) is 0 Å². The fourth-order valence-electron chi connectivity index (χ4n) is 3.29. The third kappa shape index (κ3) is 3.38. The lowest BCUT2D eigenvalue weighted by atomic mass is 9.63. The van der Waals surface area contributed by atoms with E-state index in [9.17, 15) is 9.18 Å². The van der Waals surface area contributed by atoms with Crippen LogP contribution in [0.15, 0.2) is 72.8 Å². The molecule has 3 aromatic carbocycles. The molecule has 1 aliphatic rings. The van der Waals surface area contributed by atoms with E-state index in [-0.39, 0.29) is 18.7 Å². The summed E-state index contributed by atoms with van der Waals surface area (Å²) < 4.78 is 18.6. The first kappa shape index (κ1) is 17.2. The molecule has 1 heterocycles. The molecule has 0 spiro atoms. The molecular weight excluding hydrogens is 342 g/mol. The average molecular weight is 360 g/mol. The summed E-state index contributed by atoms with van der Waals surface area (Å²) in [6, 6.07) is 21.3. The lowest BCUT2D eigenvalue weighted by molar-refractivity contribution is 0.0847. The van der Waals surface area contributed by atoms with Crippen molar-refractivity contribution in [3.05, 3.63) is 89.7 Å². The van der Waals surface area contributed by atoms with E-state index in [0.29, 0.717) is 12.1 Å². The molecule has 0 unspecified atom stereocenters. The Kier molecular flexibility index (Phi) is 4.54. The maximum Gasteiger partial charge on any atom is 0.411 e. The molecule has 3 aromatic rings. The van der Waals surface area contributed by atoms with Gasteiger partial charge in [-0.3, -0.25) is 4.79 Å². The van der Waals surface area contributed by atoms with Gasteiger partial charge in [0, 0.05) is 12.2 Å². The van der Waals surface area contributed by atoms with Crippen molar-refractivity contribution >= 4 is 24.0 Å². The average Bonchev–Trinajstić information content (AvgIpc) is 2.71. The van der Waals surface area contributed by atoms with Gasteiger partial charge in [-0.25, -0.2) is 4.39 Å². The molecule has 6 heteroatoms. The van der Waals surface area contributed by atoms with E-state index >= 15 is 0 Å².